The van der Waals surface area contributed by atoms with Gasteiger partial charge in [0.2, 0.25) is 11.0 Å². The lowest BCUT2D eigenvalue weighted by Gasteiger charge is -2.27. The highest BCUT2D eigenvalue weighted by molar-refractivity contribution is 7.09. The van der Waals surface area contributed by atoms with Crippen LogP contribution in [0.5, 0.6) is 0 Å². The molecule has 6 nitrogen and oxygen atoms in total. The summed E-state index contributed by atoms with van der Waals surface area (Å²) in [5.74, 6) is 0.564. The monoisotopic (exact) mass is 417 g/mol. The van der Waals surface area contributed by atoms with E-state index in [-0.39, 0.29) is 17.8 Å². The van der Waals surface area contributed by atoms with E-state index in [9.17, 15) is 9.18 Å². The number of hydrogen-bond donors (Lipinski definition) is 1. The number of likely N-dealkylation sites (tertiary alicyclic amines) is 1. The van der Waals surface area contributed by atoms with Gasteiger partial charge >= 0.3 is 0 Å². The summed E-state index contributed by atoms with van der Waals surface area (Å²) < 4.78 is 17.5. The summed E-state index contributed by atoms with van der Waals surface area (Å²) in [5.41, 5.74) is 0.976. The van der Waals surface area contributed by atoms with Gasteiger partial charge in [0.1, 0.15) is 17.7 Å². The van der Waals surface area contributed by atoms with Gasteiger partial charge in [0.05, 0.1) is 0 Å². The molecule has 2 aliphatic heterocycles. The van der Waals surface area contributed by atoms with Crippen molar-refractivity contribution >= 4 is 22.6 Å². The quantitative estimate of drug-likeness (QED) is 0.751. The van der Waals surface area contributed by atoms with Crippen LogP contribution in [0, 0.1) is 5.82 Å². The number of benzene rings is 1. The van der Waals surface area contributed by atoms with Gasteiger partial charge in [-0.1, -0.05) is 18.6 Å². The Balaban J connectivity index is 1.31. The first kappa shape index (κ1) is 20.2. The number of halogens is 1. The van der Waals surface area contributed by atoms with Crippen LogP contribution in [0.2, 0.25) is 0 Å². The third kappa shape index (κ3) is 5.30. The number of nitrogens with one attached hydrogen (secondary N) is 1. The minimum Gasteiger partial charge on any atom is -0.353 e. The SMILES string of the molecule is O=C(NCCN1CCCCC1)[C@H]1CCCN1c1nc(Cc2ccc(F)cc2)ns1. The third-order valence-electron chi connectivity index (χ3n) is 5.71. The summed E-state index contributed by atoms with van der Waals surface area (Å²) in [7, 11) is 0. The van der Waals surface area contributed by atoms with Gasteiger partial charge in [-0.25, -0.2) is 9.37 Å². The number of nitrogens with zero attached hydrogens (tertiary/aromatic N) is 4. The smallest absolute Gasteiger partial charge is 0.242 e. The van der Waals surface area contributed by atoms with Gasteiger partial charge in [-0.3, -0.25) is 4.79 Å². The molecule has 0 radical (unpaired) electrons. The average molecular weight is 418 g/mol. The molecule has 3 heterocycles. The van der Waals surface area contributed by atoms with Gasteiger partial charge in [0.25, 0.3) is 0 Å². The summed E-state index contributed by atoms with van der Waals surface area (Å²) >= 11 is 1.34. The Labute approximate surface area is 175 Å². The van der Waals surface area contributed by atoms with Crippen LogP contribution in [0.3, 0.4) is 0 Å². The second-order valence-electron chi connectivity index (χ2n) is 7.84. The van der Waals surface area contributed by atoms with Crippen LogP contribution in [-0.2, 0) is 11.2 Å². The normalized spacial score (nSPS) is 20.2. The Hall–Kier alpha value is -2.06. The fourth-order valence-corrected chi connectivity index (χ4v) is 4.89. The van der Waals surface area contributed by atoms with E-state index in [4.69, 9.17) is 0 Å². The molecule has 4 rings (SSSR count). The van der Waals surface area contributed by atoms with E-state index in [0.717, 1.165) is 49.7 Å². The van der Waals surface area contributed by atoms with Crippen LogP contribution in [-0.4, -0.2) is 58.9 Å². The van der Waals surface area contributed by atoms with Crippen molar-refractivity contribution in [3.63, 3.8) is 0 Å². The van der Waals surface area contributed by atoms with E-state index in [2.05, 4.69) is 24.5 Å². The molecule has 1 atom stereocenters. The fraction of sp³-hybridized carbons (Fsp3) is 0.571. The van der Waals surface area contributed by atoms with Crippen LogP contribution in [0.1, 0.15) is 43.5 Å². The Morgan fingerprint density at radius 1 is 1.14 bits per heavy atom. The highest BCUT2D eigenvalue weighted by Crippen LogP contribution is 2.27. The molecule has 8 heteroatoms. The van der Waals surface area contributed by atoms with Crippen molar-refractivity contribution in [3.05, 3.63) is 41.5 Å². The van der Waals surface area contributed by atoms with Crippen molar-refractivity contribution in [2.45, 2.75) is 44.6 Å². The molecule has 1 aromatic carbocycles. The van der Waals surface area contributed by atoms with Gasteiger partial charge in [0.15, 0.2) is 0 Å². The minimum absolute atomic E-state index is 0.0924. The van der Waals surface area contributed by atoms with Gasteiger partial charge < -0.3 is 15.1 Å². The summed E-state index contributed by atoms with van der Waals surface area (Å²) in [6.07, 6.45) is 6.25. The van der Waals surface area contributed by atoms with E-state index < -0.39 is 0 Å². The van der Waals surface area contributed by atoms with Crippen molar-refractivity contribution < 1.29 is 9.18 Å². The number of hydrogen-bond acceptors (Lipinski definition) is 6. The van der Waals surface area contributed by atoms with Crippen molar-refractivity contribution in [2.75, 3.05) is 37.6 Å². The molecule has 2 saturated heterocycles. The second kappa shape index (κ2) is 9.63. The van der Waals surface area contributed by atoms with E-state index >= 15 is 0 Å². The summed E-state index contributed by atoms with van der Waals surface area (Å²) in [6.45, 7) is 4.75. The molecule has 0 spiro atoms. The number of amides is 1. The molecule has 0 bridgehead atoms. The van der Waals surface area contributed by atoms with Crippen molar-refractivity contribution in [1.82, 2.24) is 19.6 Å². The zero-order valence-electron chi connectivity index (χ0n) is 16.6. The summed E-state index contributed by atoms with van der Waals surface area (Å²) in [5, 5.41) is 3.92. The van der Waals surface area contributed by atoms with Crippen LogP contribution in [0.25, 0.3) is 0 Å². The summed E-state index contributed by atoms with van der Waals surface area (Å²) in [4.78, 5) is 21.9. The average Bonchev–Trinajstić information content (AvgIpc) is 3.40. The predicted molar refractivity (Wildman–Crippen MR) is 113 cm³/mol. The standard InChI is InChI=1S/C21H28FN5OS/c22-17-8-6-16(7-9-17)15-19-24-21(29-25-19)27-13-4-5-18(27)20(28)23-10-14-26-11-2-1-3-12-26/h6-9,18H,1-5,10-15H2,(H,23,28)/t18-/m1/s1. The molecule has 1 N–H and O–H groups in total. The minimum atomic E-state index is -0.244. The lowest BCUT2D eigenvalue weighted by Crippen LogP contribution is -2.46. The molecule has 0 aliphatic carbocycles. The molecule has 1 aromatic heterocycles. The Kier molecular flexibility index (Phi) is 6.71. The van der Waals surface area contributed by atoms with Crippen LogP contribution in [0.4, 0.5) is 9.52 Å². The van der Waals surface area contributed by atoms with Gasteiger partial charge in [-0.05, 0) is 56.5 Å². The largest absolute Gasteiger partial charge is 0.353 e. The molecular weight excluding hydrogens is 389 g/mol. The highest BCUT2D eigenvalue weighted by Gasteiger charge is 2.32. The maximum absolute atomic E-state index is 13.1. The molecule has 1 amide bonds. The predicted octanol–water partition coefficient (Wildman–Crippen LogP) is 2.84. The lowest BCUT2D eigenvalue weighted by molar-refractivity contribution is -0.122. The third-order valence-corrected chi connectivity index (χ3v) is 6.50. The van der Waals surface area contributed by atoms with Crippen molar-refractivity contribution in [1.29, 1.82) is 0 Å². The highest BCUT2D eigenvalue weighted by atomic mass is 32.1. The lowest BCUT2D eigenvalue weighted by atomic mass is 10.1. The Morgan fingerprint density at radius 3 is 2.72 bits per heavy atom. The van der Waals surface area contributed by atoms with Crippen LogP contribution < -0.4 is 10.2 Å². The summed E-state index contributed by atoms with van der Waals surface area (Å²) in [6, 6.07) is 6.25. The van der Waals surface area contributed by atoms with Crippen LogP contribution in [0.15, 0.2) is 24.3 Å². The molecule has 2 aliphatic rings. The molecule has 156 valence electrons. The van der Waals surface area contributed by atoms with E-state index in [1.54, 1.807) is 12.1 Å². The topological polar surface area (TPSA) is 61.4 Å². The maximum Gasteiger partial charge on any atom is 0.242 e. The molecule has 29 heavy (non-hydrogen) atoms. The van der Waals surface area contributed by atoms with Gasteiger partial charge in [-0.2, -0.15) is 4.37 Å². The zero-order valence-corrected chi connectivity index (χ0v) is 17.5. The van der Waals surface area contributed by atoms with Crippen molar-refractivity contribution in [3.8, 4) is 0 Å². The zero-order chi connectivity index (χ0) is 20.1. The second-order valence-corrected chi connectivity index (χ2v) is 8.57. The molecule has 2 aromatic rings. The first-order valence-electron chi connectivity index (χ1n) is 10.5. The molecule has 0 saturated carbocycles. The van der Waals surface area contributed by atoms with Gasteiger partial charge in [-0.15, -0.1) is 0 Å². The Bertz CT molecular complexity index is 806. The number of rotatable bonds is 7. The fourth-order valence-electron chi connectivity index (χ4n) is 4.12. The molecular formula is C21H28FN5OS. The molecule has 0 unspecified atom stereocenters. The molecule has 2 fully saturated rings. The van der Waals surface area contributed by atoms with E-state index in [1.165, 1.54) is 42.9 Å². The van der Waals surface area contributed by atoms with E-state index in [0.29, 0.717) is 18.8 Å². The number of carbonyl (C=O) groups is 1. The van der Waals surface area contributed by atoms with E-state index in [1.807, 2.05) is 0 Å². The van der Waals surface area contributed by atoms with Gasteiger partial charge in [0, 0.05) is 37.6 Å². The maximum atomic E-state index is 13.1. The number of aromatic nitrogens is 2. The first-order valence-corrected chi connectivity index (χ1v) is 11.3. The van der Waals surface area contributed by atoms with Crippen LogP contribution >= 0.6 is 11.5 Å². The number of carbonyl (C=O) groups excluding carboxylic acids is 1. The van der Waals surface area contributed by atoms with Crippen molar-refractivity contribution in [2.24, 2.45) is 0 Å². The number of anilines is 1. The first-order chi connectivity index (χ1) is 14.2. The number of piperidine rings is 1. The Morgan fingerprint density at radius 2 is 1.93 bits per heavy atom.